The van der Waals surface area contributed by atoms with Gasteiger partial charge >= 0.3 is 0 Å². The second-order valence-corrected chi connectivity index (χ2v) is 7.49. The predicted octanol–water partition coefficient (Wildman–Crippen LogP) is 3.21. The monoisotopic (exact) mass is 387 g/mol. The summed E-state index contributed by atoms with van der Waals surface area (Å²) in [6.45, 7) is 3.81. The lowest BCUT2D eigenvalue weighted by Gasteiger charge is -2.40. The minimum absolute atomic E-state index is 0.153. The fraction of sp³-hybridized carbons (Fsp3) is 0.292. The Hall–Kier alpha value is -3.39. The number of piperazine rings is 1. The Kier molecular flexibility index (Phi) is 6.13. The first-order chi connectivity index (χ1) is 14.0. The topological polar surface area (TPSA) is 82.0 Å². The van der Waals surface area contributed by atoms with Gasteiger partial charge in [0.15, 0.2) is 0 Å². The van der Waals surface area contributed by atoms with Crippen LogP contribution >= 0.6 is 0 Å². The first-order valence-corrected chi connectivity index (χ1v) is 9.83. The van der Waals surface area contributed by atoms with Crippen LogP contribution in [0.4, 0.5) is 0 Å². The van der Waals surface area contributed by atoms with Crippen molar-refractivity contribution < 1.29 is 9.59 Å². The number of nitrogens with one attached hydrogen (secondary N) is 2. The highest BCUT2D eigenvalue weighted by Gasteiger charge is 2.46. The highest BCUT2D eigenvalue weighted by atomic mass is 16.2. The van der Waals surface area contributed by atoms with Crippen molar-refractivity contribution in [2.24, 2.45) is 5.92 Å². The number of amides is 2. The standard InChI is InChI=1S/C24H25N3O2/c1-3-24(15-19-8-5-4-6-9-19)23(29)26-21(22(28)27-24)17(2)12-13-18-10-7-11-20(14-18)16-25/h4-14,17,21H,3,15H2,1-2H3,(H,26,29)(H,27,28). The fourth-order valence-corrected chi connectivity index (χ4v) is 3.61. The molecule has 3 rings (SSSR count). The summed E-state index contributed by atoms with van der Waals surface area (Å²) in [5.41, 5.74) is 1.54. The number of carbonyl (C=O) groups is 2. The molecule has 0 aromatic heterocycles. The molecule has 1 saturated heterocycles. The number of hydrogen-bond donors (Lipinski definition) is 2. The Labute approximate surface area is 171 Å². The summed E-state index contributed by atoms with van der Waals surface area (Å²) in [5, 5.41) is 14.9. The van der Waals surface area contributed by atoms with Gasteiger partial charge in [-0.3, -0.25) is 9.59 Å². The van der Waals surface area contributed by atoms with E-state index in [9.17, 15) is 9.59 Å². The number of benzene rings is 2. The van der Waals surface area contributed by atoms with Crippen LogP contribution in [0, 0.1) is 17.2 Å². The molecule has 0 aliphatic carbocycles. The number of nitrogens with zero attached hydrogens (tertiary/aromatic N) is 1. The van der Waals surface area contributed by atoms with E-state index < -0.39 is 11.6 Å². The lowest BCUT2D eigenvalue weighted by Crippen LogP contribution is -2.71. The van der Waals surface area contributed by atoms with Gasteiger partial charge in [-0.1, -0.05) is 68.5 Å². The van der Waals surface area contributed by atoms with Crippen LogP contribution < -0.4 is 10.6 Å². The molecule has 148 valence electrons. The molecule has 1 heterocycles. The molecule has 5 nitrogen and oxygen atoms in total. The maximum absolute atomic E-state index is 13.0. The van der Waals surface area contributed by atoms with Gasteiger partial charge in [0.25, 0.3) is 0 Å². The van der Waals surface area contributed by atoms with E-state index in [1.165, 1.54) is 0 Å². The number of hydrogen-bond acceptors (Lipinski definition) is 3. The second-order valence-electron chi connectivity index (χ2n) is 7.49. The van der Waals surface area contributed by atoms with Crippen molar-refractivity contribution in [1.29, 1.82) is 5.26 Å². The van der Waals surface area contributed by atoms with Crippen LogP contribution in [0.25, 0.3) is 6.08 Å². The number of nitriles is 1. The van der Waals surface area contributed by atoms with Crippen LogP contribution in [0.1, 0.15) is 37.0 Å². The zero-order chi connectivity index (χ0) is 20.9. The van der Waals surface area contributed by atoms with Crippen molar-refractivity contribution in [1.82, 2.24) is 10.6 Å². The van der Waals surface area contributed by atoms with Gasteiger partial charge in [-0.2, -0.15) is 5.26 Å². The number of carbonyl (C=O) groups excluding carboxylic acids is 2. The van der Waals surface area contributed by atoms with Gasteiger partial charge in [-0.25, -0.2) is 0 Å². The quantitative estimate of drug-likeness (QED) is 0.798. The van der Waals surface area contributed by atoms with Gasteiger partial charge in [-0.15, -0.1) is 0 Å². The van der Waals surface area contributed by atoms with Gasteiger partial charge in [-0.05, 0) is 29.7 Å². The van der Waals surface area contributed by atoms with E-state index in [-0.39, 0.29) is 17.7 Å². The van der Waals surface area contributed by atoms with Gasteiger partial charge in [0.2, 0.25) is 11.8 Å². The molecule has 1 aliphatic heterocycles. The summed E-state index contributed by atoms with van der Waals surface area (Å²) in [5.74, 6) is -0.526. The fourth-order valence-electron chi connectivity index (χ4n) is 3.61. The molecule has 5 heteroatoms. The zero-order valence-corrected chi connectivity index (χ0v) is 16.7. The van der Waals surface area contributed by atoms with Crippen molar-refractivity contribution in [3.05, 3.63) is 77.4 Å². The zero-order valence-electron chi connectivity index (χ0n) is 16.7. The van der Waals surface area contributed by atoms with Crippen LogP contribution in [0.15, 0.2) is 60.7 Å². The van der Waals surface area contributed by atoms with Gasteiger partial charge in [0.1, 0.15) is 11.6 Å². The van der Waals surface area contributed by atoms with Crippen LogP contribution in [-0.4, -0.2) is 23.4 Å². The van der Waals surface area contributed by atoms with Crippen LogP contribution in [-0.2, 0) is 16.0 Å². The van der Waals surface area contributed by atoms with E-state index in [4.69, 9.17) is 5.26 Å². The van der Waals surface area contributed by atoms with E-state index >= 15 is 0 Å². The molecule has 0 bridgehead atoms. The largest absolute Gasteiger partial charge is 0.342 e. The molecule has 2 aromatic carbocycles. The summed E-state index contributed by atoms with van der Waals surface area (Å²) in [6, 6.07) is 18.4. The third kappa shape index (κ3) is 4.55. The van der Waals surface area contributed by atoms with Crippen LogP contribution in [0.2, 0.25) is 0 Å². The minimum atomic E-state index is -0.931. The van der Waals surface area contributed by atoms with E-state index in [0.29, 0.717) is 18.4 Å². The molecule has 0 spiro atoms. The molecule has 2 N–H and O–H groups in total. The lowest BCUT2D eigenvalue weighted by molar-refractivity contribution is -0.142. The summed E-state index contributed by atoms with van der Waals surface area (Å²) < 4.78 is 0. The summed E-state index contributed by atoms with van der Waals surface area (Å²) in [6.07, 6.45) is 4.73. The Bertz CT molecular complexity index is 962. The molecule has 3 unspecified atom stereocenters. The molecular formula is C24H25N3O2. The Morgan fingerprint density at radius 3 is 2.62 bits per heavy atom. The van der Waals surface area contributed by atoms with Crippen LogP contribution in [0.3, 0.4) is 0 Å². The SMILES string of the molecule is CCC1(Cc2ccccc2)NC(=O)C(C(C)C=Cc2cccc(C#N)c2)NC1=O. The third-order valence-corrected chi connectivity index (χ3v) is 5.45. The molecule has 2 amide bonds. The number of rotatable bonds is 6. The average molecular weight is 387 g/mol. The molecule has 3 atom stereocenters. The van der Waals surface area contributed by atoms with E-state index in [2.05, 4.69) is 16.7 Å². The van der Waals surface area contributed by atoms with Crippen molar-refractivity contribution in [2.45, 2.75) is 38.3 Å². The highest BCUT2D eigenvalue weighted by Crippen LogP contribution is 2.23. The van der Waals surface area contributed by atoms with Gasteiger partial charge < -0.3 is 10.6 Å². The van der Waals surface area contributed by atoms with E-state index in [1.807, 2.05) is 68.5 Å². The third-order valence-electron chi connectivity index (χ3n) is 5.45. The van der Waals surface area contributed by atoms with Gasteiger partial charge in [0.05, 0.1) is 11.6 Å². The average Bonchev–Trinajstić information content (AvgIpc) is 2.75. The molecule has 1 aliphatic rings. The highest BCUT2D eigenvalue weighted by molar-refractivity contribution is 6.00. The van der Waals surface area contributed by atoms with Crippen molar-refractivity contribution >= 4 is 17.9 Å². The van der Waals surface area contributed by atoms with E-state index in [1.54, 1.807) is 12.1 Å². The van der Waals surface area contributed by atoms with Crippen molar-refractivity contribution in [3.63, 3.8) is 0 Å². The lowest BCUT2D eigenvalue weighted by atomic mass is 9.83. The van der Waals surface area contributed by atoms with E-state index in [0.717, 1.165) is 11.1 Å². The van der Waals surface area contributed by atoms with Gasteiger partial charge in [0, 0.05) is 12.3 Å². The first kappa shape index (κ1) is 20.3. The maximum Gasteiger partial charge on any atom is 0.246 e. The van der Waals surface area contributed by atoms with Crippen molar-refractivity contribution in [2.75, 3.05) is 0 Å². The minimum Gasteiger partial charge on any atom is -0.342 e. The molecular weight excluding hydrogens is 362 g/mol. The first-order valence-electron chi connectivity index (χ1n) is 9.83. The Morgan fingerprint density at radius 1 is 1.17 bits per heavy atom. The normalized spacial score (nSPS) is 22.6. The Balaban J connectivity index is 1.73. The smallest absolute Gasteiger partial charge is 0.246 e. The molecule has 2 aromatic rings. The molecule has 29 heavy (non-hydrogen) atoms. The molecule has 0 radical (unpaired) electrons. The molecule has 0 saturated carbocycles. The summed E-state index contributed by atoms with van der Waals surface area (Å²) in [7, 11) is 0. The molecule has 1 fully saturated rings. The van der Waals surface area contributed by atoms with Crippen molar-refractivity contribution in [3.8, 4) is 6.07 Å². The Morgan fingerprint density at radius 2 is 1.93 bits per heavy atom. The van der Waals surface area contributed by atoms with Crippen LogP contribution in [0.5, 0.6) is 0 Å². The second kappa shape index (κ2) is 8.74. The predicted molar refractivity (Wildman–Crippen MR) is 113 cm³/mol. The summed E-state index contributed by atoms with van der Waals surface area (Å²) >= 11 is 0. The summed E-state index contributed by atoms with van der Waals surface area (Å²) in [4.78, 5) is 25.8. The maximum atomic E-state index is 13.0.